The van der Waals surface area contributed by atoms with E-state index in [-0.39, 0.29) is 12.1 Å². The van der Waals surface area contributed by atoms with Crippen molar-refractivity contribution < 1.29 is 14.3 Å². The van der Waals surface area contributed by atoms with Gasteiger partial charge in [-0.25, -0.2) is 0 Å². The Bertz CT molecular complexity index is 396. The first-order valence-corrected chi connectivity index (χ1v) is 6.82. The average Bonchev–Trinajstić information content (AvgIpc) is 2.42. The number of nitrogens with one attached hydrogen (secondary N) is 1. The van der Waals surface area contributed by atoms with E-state index in [1.54, 1.807) is 0 Å². The number of aryl methyl sites for hydroxylation is 1. The van der Waals surface area contributed by atoms with Crippen LogP contribution in [0.15, 0.2) is 24.3 Å². The van der Waals surface area contributed by atoms with Gasteiger partial charge >= 0.3 is 5.97 Å². The number of ether oxygens (including phenoxy) is 2. The minimum atomic E-state index is -0.133. The summed E-state index contributed by atoms with van der Waals surface area (Å²) < 4.78 is 10.6. The predicted octanol–water partition coefficient (Wildman–Crippen LogP) is 2.52. The van der Waals surface area contributed by atoms with Crippen molar-refractivity contribution in [1.29, 1.82) is 0 Å². The summed E-state index contributed by atoms with van der Waals surface area (Å²) in [5.74, 6) is -0.133. The maximum absolute atomic E-state index is 11.7. The summed E-state index contributed by atoms with van der Waals surface area (Å²) in [6.45, 7) is 4.04. The fourth-order valence-corrected chi connectivity index (χ4v) is 2.02. The van der Waals surface area contributed by atoms with Gasteiger partial charge in [-0.1, -0.05) is 17.7 Å². The summed E-state index contributed by atoms with van der Waals surface area (Å²) in [7, 11) is 0. The highest BCUT2D eigenvalue weighted by atomic mass is 16.6. The van der Waals surface area contributed by atoms with Gasteiger partial charge in [0.1, 0.15) is 6.10 Å². The van der Waals surface area contributed by atoms with Gasteiger partial charge in [-0.05, 0) is 19.1 Å². The number of carbonyl (C=O) groups is 1. The highest BCUT2D eigenvalue weighted by Gasteiger charge is 2.17. The fourth-order valence-electron chi connectivity index (χ4n) is 2.02. The van der Waals surface area contributed by atoms with Gasteiger partial charge in [0.05, 0.1) is 19.6 Å². The average molecular weight is 263 g/mol. The fraction of sp³-hybridized carbons (Fsp3) is 0.533. The van der Waals surface area contributed by atoms with Gasteiger partial charge in [-0.2, -0.15) is 0 Å². The summed E-state index contributed by atoms with van der Waals surface area (Å²) in [4.78, 5) is 11.7. The first-order valence-electron chi connectivity index (χ1n) is 6.82. The van der Waals surface area contributed by atoms with Crippen LogP contribution in [-0.2, 0) is 14.3 Å². The summed E-state index contributed by atoms with van der Waals surface area (Å²) in [6, 6.07) is 8.11. The smallest absolute Gasteiger partial charge is 0.307 e. The van der Waals surface area contributed by atoms with Crippen molar-refractivity contribution in [3.05, 3.63) is 29.8 Å². The lowest BCUT2D eigenvalue weighted by Crippen LogP contribution is -2.26. The lowest BCUT2D eigenvalue weighted by Gasteiger charge is -2.22. The minimum Gasteiger partial charge on any atom is -0.462 e. The van der Waals surface area contributed by atoms with Crippen LogP contribution in [0.5, 0.6) is 0 Å². The molecular formula is C15H21NO3. The van der Waals surface area contributed by atoms with Crippen LogP contribution >= 0.6 is 0 Å². The number of anilines is 1. The van der Waals surface area contributed by atoms with E-state index >= 15 is 0 Å². The van der Waals surface area contributed by atoms with Crippen LogP contribution in [0.1, 0.15) is 24.8 Å². The molecule has 104 valence electrons. The molecule has 1 aliphatic rings. The van der Waals surface area contributed by atoms with Crippen molar-refractivity contribution in [1.82, 2.24) is 0 Å². The maximum atomic E-state index is 11.7. The molecule has 0 unspecified atom stereocenters. The maximum Gasteiger partial charge on any atom is 0.307 e. The molecule has 0 saturated carbocycles. The van der Waals surface area contributed by atoms with Gasteiger partial charge in [0, 0.05) is 25.1 Å². The topological polar surface area (TPSA) is 47.6 Å². The van der Waals surface area contributed by atoms with Crippen molar-refractivity contribution >= 4 is 11.7 Å². The predicted molar refractivity (Wildman–Crippen MR) is 74.2 cm³/mol. The van der Waals surface area contributed by atoms with E-state index in [1.165, 1.54) is 5.56 Å². The molecule has 1 aliphatic heterocycles. The largest absolute Gasteiger partial charge is 0.462 e. The molecule has 0 amide bonds. The normalized spacial score (nSPS) is 16.1. The molecule has 1 aromatic rings. The number of carbonyl (C=O) groups excluding carboxylic acids is 1. The van der Waals surface area contributed by atoms with Gasteiger partial charge < -0.3 is 14.8 Å². The molecule has 4 nitrogen and oxygen atoms in total. The van der Waals surface area contributed by atoms with Crippen molar-refractivity contribution in [2.24, 2.45) is 0 Å². The molecule has 19 heavy (non-hydrogen) atoms. The Balaban J connectivity index is 1.64. The summed E-state index contributed by atoms with van der Waals surface area (Å²) in [6.07, 6.45) is 2.07. The Morgan fingerprint density at radius 2 is 2.00 bits per heavy atom. The van der Waals surface area contributed by atoms with E-state index in [4.69, 9.17) is 9.47 Å². The second-order valence-corrected chi connectivity index (χ2v) is 4.84. The molecule has 2 rings (SSSR count). The van der Waals surface area contributed by atoms with Crippen molar-refractivity contribution in [2.45, 2.75) is 32.3 Å². The molecule has 4 heteroatoms. The molecular weight excluding hydrogens is 242 g/mol. The molecule has 1 N–H and O–H groups in total. The van der Waals surface area contributed by atoms with E-state index in [1.807, 2.05) is 24.3 Å². The minimum absolute atomic E-state index is 0.0422. The molecule has 0 spiro atoms. The Morgan fingerprint density at radius 1 is 1.32 bits per heavy atom. The molecule has 0 radical (unpaired) electrons. The van der Waals surface area contributed by atoms with E-state index in [2.05, 4.69) is 12.2 Å². The van der Waals surface area contributed by atoms with Crippen LogP contribution in [0.3, 0.4) is 0 Å². The van der Waals surface area contributed by atoms with Crippen LogP contribution in [-0.4, -0.2) is 31.8 Å². The van der Waals surface area contributed by atoms with Gasteiger partial charge in [0.2, 0.25) is 0 Å². The van der Waals surface area contributed by atoms with Crippen LogP contribution in [0.4, 0.5) is 5.69 Å². The molecule has 1 fully saturated rings. The molecule has 0 aliphatic carbocycles. The Morgan fingerprint density at radius 3 is 2.68 bits per heavy atom. The number of hydrogen-bond donors (Lipinski definition) is 1. The Kier molecular flexibility index (Phi) is 5.21. The summed E-state index contributed by atoms with van der Waals surface area (Å²) in [5.41, 5.74) is 2.26. The van der Waals surface area contributed by atoms with Crippen LogP contribution < -0.4 is 5.32 Å². The first kappa shape index (κ1) is 13.9. The number of benzene rings is 1. The van der Waals surface area contributed by atoms with Gasteiger partial charge in [0.15, 0.2) is 0 Å². The Labute approximate surface area is 114 Å². The van der Waals surface area contributed by atoms with Crippen molar-refractivity contribution in [3.63, 3.8) is 0 Å². The van der Waals surface area contributed by atoms with E-state index in [9.17, 15) is 4.79 Å². The monoisotopic (exact) mass is 263 g/mol. The molecule has 0 bridgehead atoms. The zero-order valence-electron chi connectivity index (χ0n) is 11.4. The standard InChI is InChI=1S/C15H21NO3/c1-12-2-4-13(5-3-12)16-9-6-15(17)19-14-7-10-18-11-8-14/h2-5,14,16H,6-11H2,1H3. The zero-order chi connectivity index (χ0) is 13.5. The number of esters is 1. The van der Waals surface area contributed by atoms with Crippen LogP contribution in [0.25, 0.3) is 0 Å². The molecule has 1 heterocycles. The van der Waals surface area contributed by atoms with E-state index in [0.29, 0.717) is 26.2 Å². The van der Waals surface area contributed by atoms with Gasteiger partial charge in [-0.15, -0.1) is 0 Å². The third-order valence-corrected chi connectivity index (χ3v) is 3.18. The molecule has 0 atom stereocenters. The Hall–Kier alpha value is -1.55. The second kappa shape index (κ2) is 7.14. The second-order valence-electron chi connectivity index (χ2n) is 4.84. The summed E-state index contributed by atoms with van der Waals surface area (Å²) in [5, 5.41) is 3.21. The highest BCUT2D eigenvalue weighted by molar-refractivity contribution is 5.70. The number of rotatable bonds is 5. The van der Waals surface area contributed by atoms with Crippen molar-refractivity contribution in [3.8, 4) is 0 Å². The van der Waals surface area contributed by atoms with Crippen LogP contribution in [0, 0.1) is 6.92 Å². The molecule has 0 aromatic heterocycles. The summed E-state index contributed by atoms with van der Waals surface area (Å²) >= 11 is 0. The SMILES string of the molecule is Cc1ccc(NCCC(=O)OC2CCOCC2)cc1. The third kappa shape index (κ3) is 4.91. The quantitative estimate of drug-likeness (QED) is 0.829. The molecule has 1 aromatic carbocycles. The van der Waals surface area contributed by atoms with Gasteiger partial charge in [-0.3, -0.25) is 4.79 Å². The lowest BCUT2D eigenvalue weighted by molar-refractivity contribution is -0.152. The highest BCUT2D eigenvalue weighted by Crippen LogP contribution is 2.12. The lowest BCUT2D eigenvalue weighted by atomic mass is 10.1. The molecule has 1 saturated heterocycles. The third-order valence-electron chi connectivity index (χ3n) is 3.18. The number of hydrogen-bond acceptors (Lipinski definition) is 4. The zero-order valence-corrected chi connectivity index (χ0v) is 11.4. The van der Waals surface area contributed by atoms with E-state index in [0.717, 1.165) is 18.5 Å². The van der Waals surface area contributed by atoms with Gasteiger partial charge in [0.25, 0.3) is 0 Å². The van der Waals surface area contributed by atoms with Crippen molar-refractivity contribution in [2.75, 3.05) is 25.1 Å². The van der Waals surface area contributed by atoms with Crippen LogP contribution in [0.2, 0.25) is 0 Å². The van der Waals surface area contributed by atoms with E-state index < -0.39 is 0 Å². The first-order chi connectivity index (χ1) is 9.24.